The van der Waals surface area contributed by atoms with Gasteiger partial charge in [0.2, 0.25) is 11.1 Å². The molecule has 0 bridgehead atoms. The fraction of sp³-hybridized carbons (Fsp3) is 0.467. The predicted molar refractivity (Wildman–Crippen MR) is 90.8 cm³/mol. The van der Waals surface area contributed by atoms with Crippen molar-refractivity contribution in [2.75, 3.05) is 18.2 Å². The molecule has 2 aromatic heterocycles. The largest absolute Gasteiger partial charge is 0.466 e. The van der Waals surface area contributed by atoms with Crippen LogP contribution in [-0.2, 0) is 16.6 Å². The highest BCUT2D eigenvalue weighted by molar-refractivity contribution is 7.99. The van der Waals surface area contributed by atoms with E-state index < -0.39 is 6.04 Å². The van der Waals surface area contributed by atoms with E-state index in [1.165, 1.54) is 7.11 Å². The van der Waals surface area contributed by atoms with Gasteiger partial charge in [0.15, 0.2) is 0 Å². The number of nitrogens with one attached hydrogen (secondary N) is 1. The smallest absolute Gasteiger partial charge is 0.338 e. The molecule has 1 atom stereocenters. The number of hydrogen-bond acceptors (Lipinski definition) is 7. The maximum Gasteiger partial charge on any atom is 0.338 e. The van der Waals surface area contributed by atoms with Crippen LogP contribution in [0.1, 0.15) is 31.1 Å². The lowest BCUT2D eigenvalue weighted by Gasteiger charge is -2.27. The second-order valence-electron chi connectivity index (χ2n) is 5.50. The molecule has 0 spiro atoms. The summed E-state index contributed by atoms with van der Waals surface area (Å²) in [5.74, 6) is 1.10. The van der Waals surface area contributed by atoms with Gasteiger partial charge >= 0.3 is 5.97 Å². The molecule has 2 aromatic rings. The number of hydrogen-bond donors (Lipinski definition) is 1. The Morgan fingerprint density at radius 2 is 2.17 bits per heavy atom. The fourth-order valence-corrected chi connectivity index (χ4v) is 3.42. The summed E-state index contributed by atoms with van der Waals surface area (Å²) >= 11 is 1.55. The van der Waals surface area contributed by atoms with Crippen molar-refractivity contribution < 1.29 is 9.53 Å². The molecule has 8 nitrogen and oxygen atoms in total. The highest BCUT2D eigenvalue weighted by atomic mass is 32.2. The van der Waals surface area contributed by atoms with Gasteiger partial charge in [0.25, 0.3) is 0 Å². The van der Waals surface area contributed by atoms with Crippen LogP contribution in [0.3, 0.4) is 0 Å². The molecule has 128 valence electrons. The molecule has 9 heteroatoms. The first kappa shape index (κ1) is 16.6. The number of thioether (sulfide) groups is 1. The van der Waals surface area contributed by atoms with Gasteiger partial charge < -0.3 is 10.1 Å². The van der Waals surface area contributed by atoms with Gasteiger partial charge in [0, 0.05) is 24.5 Å². The topological polar surface area (TPSA) is 86.9 Å². The lowest BCUT2D eigenvalue weighted by Crippen LogP contribution is -2.29. The van der Waals surface area contributed by atoms with Crippen LogP contribution in [0.5, 0.6) is 0 Å². The number of nitrogens with zero attached hydrogens (tertiary/aromatic N) is 5. The second kappa shape index (κ2) is 6.31. The minimum absolute atomic E-state index is 0.390. The van der Waals surface area contributed by atoms with Crippen molar-refractivity contribution in [3.63, 3.8) is 0 Å². The molecule has 0 aromatic carbocycles. The van der Waals surface area contributed by atoms with Crippen LogP contribution in [0.2, 0.25) is 0 Å². The molecular weight excluding hydrogens is 328 g/mol. The molecule has 0 unspecified atom stereocenters. The molecule has 3 rings (SSSR count). The van der Waals surface area contributed by atoms with Crippen LogP contribution in [-0.4, -0.2) is 43.4 Å². The third-order valence-corrected chi connectivity index (χ3v) is 4.58. The lowest BCUT2D eigenvalue weighted by molar-refractivity contribution is -0.136. The van der Waals surface area contributed by atoms with Crippen molar-refractivity contribution in [1.82, 2.24) is 24.5 Å². The molecule has 3 heterocycles. The molecule has 0 fully saturated rings. The van der Waals surface area contributed by atoms with Gasteiger partial charge in [-0.2, -0.15) is 10.1 Å². The van der Waals surface area contributed by atoms with E-state index >= 15 is 0 Å². The SMILES string of the molecule is CCSc1nc2n(n1)[C@H](c1cn(C)nc1C)C(C(=O)OC)=C(C)N2. The highest BCUT2D eigenvalue weighted by Gasteiger charge is 2.36. The zero-order valence-electron chi connectivity index (χ0n) is 14.3. The van der Waals surface area contributed by atoms with Crippen molar-refractivity contribution in [2.45, 2.75) is 32.0 Å². The van der Waals surface area contributed by atoms with E-state index in [2.05, 4.69) is 20.5 Å². The maximum absolute atomic E-state index is 12.4. The number of aromatic nitrogens is 5. The molecule has 0 radical (unpaired) electrons. The molecule has 24 heavy (non-hydrogen) atoms. The van der Waals surface area contributed by atoms with Crippen LogP contribution in [0.25, 0.3) is 0 Å². The first-order valence-corrected chi connectivity index (χ1v) is 8.60. The zero-order valence-corrected chi connectivity index (χ0v) is 15.1. The second-order valence-corrected chi connectivity index (χ2v) is 6.73. The van der Waals surface area contributed by atoms with E-state index in [0.717, 1.165) is 17.0 Å². The normalized spacial score (nSPS) is 16.8. The summed E-state index contributed by atoms with van der Waals surface area (Å²) in [6.07, 6.45) is 1.90. The Kier molecular flexibility index (Phi) is 4.35. The summed E-state index contributed by atoms with van der Waals surface area (Å²) in [5, 5.41) is 12.8. The van der Waals surface area contributed by atoms with Crippen LogP contribution < -0.4 is 5.32 Å². The minimum atomic E-state index is -0.416. The average Bonchev–Trinajstić information content (AvgIpc) is 3.07. The van der Waals surface area contributed by atoms with Gasteiger partial charge in [-0.1, -0.05) is 18.7 Å². The molecule has 0 saturated carbocycles. The van der Waals surface area contributed by atoms with E-state index in [0.29, 0.717) is 22.4 Å². The van der Waals surface area contributed by atoms with E-state index in [-0.39, 0.29) is 5.97 Å². The quantitative estimate of drug-likeness (QED) is 0.667. The molecular formula is C15H20N6O2S. The first-order chi connectivity index (χ1) is 11.5. The number of ether oxygens (including phenoxy) is 1. The number of carbonyl (C=O) groups is 1. The highest BCUT2D eigenvalue weighted by Crippen LogP contribution is 2.37. The van der Waals surface area contributed by atoms with Crippen LogP contribution in [0.15, 0.2) is 22.6 Å². The van der Waals surface area contributed by atoms with E-state index in [1.54, 1.807) is 21.1 Å². The number of allylic oxidation sites excluding steroid dienone is 1. The van der Waals surface area contributed by atoms with Crippen LogP contribution in [0, 0.1) is 6.92 Å². The van der Waals surface area contributed by atoms with Crippen molar-refractivity contribution in [3.05, 3.63) is 28.7 Å². The van der Waals surface area contributed by atoms with E-state index in [9.17, 15) is 4.79 Å². The monoisotopic (exact) mass is 348 g/mol. The van der Waals surface area contributed by atoms with E-state index in [1.807, 2.05) is 34.0 Å². The standard InChI is InChI=1S/C15H20N6O2S/c1-6-24-15-17-14-16-9(3)11(13(22)23-5)12(21(14)19-15)10-7-20(4)18-8(10)2/h7,12H,6H2,1-5H3,(H,16,17,19)/t12-/m1/s1. The molecule has 0 amide bonds. The van der Waals surface area contributed by atoms with Crippen molar-refractivity contribution in [3.8, 4) is 0 Å². The number of anilines is 1. The molecule has 0 saturated heterocycles. The summed E-state index contributed by atoms with van der Waals surface area (Å²) in [4.78, 5) is 16.9. The van der Waals surface area contributed by atoms with Gasteiger partial charge in [0.05, 0.1) is 18.4 Å². The third-order valence-electron chi connectivity index (χ3n) is 3.86. The van der Waals surface area contributed by atoms with Gasteiger partial charge in [-0.25, -0.2) is 9.48 Å². The third kappa shape index (κ3) is 2.68. The van der Waals surface area contributed by atoms with Crippen LogP contribution in [0.4, 0.5) is 5.95 Å². The maximum atomic E-state index is 12.4. The molecule has 1 aliphatic heterocycles. The lowest BCUT2D eigenvalue weighted by atomic mass is 9.96. The van der Waals surface area contributed by atoms with Crippen molar-refractivity contribution in [2.24, 2.45) is 7.05 Å². The molecule has 1 aliphatic rings. The Morgan fingerprint density at radius 1 is 1.42 bits per heavy atom. The van der Waals surface area contributed by atoms with Crippen molar-refractivity contribution >= 4 is 23.7 Å². The number of aryl methyl sites for hydroxylation is 2. The number of rotatable bonds is 4. The summed E-state index contributed by atoms with van der Waals surface area (Å²) in [6, 6.07) is -0.416. The predicted octanol–water partition coefficient (Wildman–Crippen LogP) is 1.89. The molecule has 1 N–H and O–H groups in total. The average molecular weight is 348 g/mol. The summed E-state index contributed by atoms with van der Waals surface area (Å²) in [5.41, 5.74) is 2.96. The Balaban J connectivity index is 2.19. The number of fused-ring (bicyclic) bond motifs is 1. The summed E-state index contributed by atoms with van der Waals surface area (Å²) in [7, 11) is 3.23. The van der Waals surface area contributed by atoms with Gasteiger partial charge in [-0.3, -0.25) is 4.68 Å². The van der Waals surface area contributed by atoms with E-state index in [4.69, 9.17) is 4.74 Å². The van der Waals surface area contributed by atoms with Crippen LogP contribution >= 0.6 is 11.8 Å². The Labute approximate surface area is 144 Å². The van der Waals surface area contributed by atoms with Gasteiger partial charge in [-0.05, 0) is 19.6 Å². The number of methoxy groups -OCH3 is 1. The Morgan fingerprint density at radius 3 is 2.75 bits per heavy atom. The summed E-state index contributed by atoms with van der Waals surface area (Å²) in [6.45, 7) is 5.81. The van der Waals surface area contributed by atoms with Gasteiger partial charge in [-0.15, -0.1) is 5.10 Å². The number of carbonyl (C=O) groups excluding carboxylic acids is 1. The first-order valence-electron chi connectivity index (χ1n) is 7.61. The fourth-order valence-electron chi connectivity index (χ4n) is 2.87. The van der Waals surface area contributed by atoms with Crippen molar-refractivity contribution in [1.29, 1.82) is 0 Å². The summed E-state index contributed by atoms with van der Waals surface area (Å²) < 4.78 is 8.47. The molecule has 0 aliphatic carbocycles. The minimum Gasteiger partial charge on any atom is -0.466 e. The van der Waals surface area contributed by atoms with Gasteiger partial charge in [0.1, 0.15) is 6.04 Å². The Bertz CT molecular complexity index is 822. The Hall–Kier alpha value is -2.29. The zero-order chi connectivity index (χ0) is 17.4. The number of esters is 1.